The summed E-state index contributed by atoms with van der Waals surface area (Å²) in [7, 11) is 0. The Bertz CT molecular complexity index is 252. The molecule has 0 unspecified atom stereocenters. The molecule has 92 valence electrons. The van der Waals surface area contributed by atoms with Crippen molar-refractivity contribution in [1.82, 2.24) is 0 Å². The molecule has 0 N–H and O–H groups in total. The molecule has 0 atom stereocenters. The van der Waals surface area contributed by atoms with Crippen molar-refractivity contribution in [3.05, 3.63) is 11.6 Å². The van der Waals surface area contributed by atoms with Crippen molar-refractivity contribution in [3.63, 3.8) is 0 Å². The van der Waals surface area contributed by atoms with E-state index in [0.717, 1.165) is 24.8 Å². The van der Waals surface area contributed by atoms with Crippen molar-refractivity contribution in [2.75, 3.05) is 0 Å². The van der Waals surface area contributed by atoms with Crippen molar-refractivity contribution in [1.29, 1.82) is 0 Å². The molecule has 0 heterocycles. The molecule has 0 rings (SSSR count). The summed E-state index contributed by atoms with van der Waals surface area (Å²) in [6.45, 7) is 6.45. The highest BCUT2D eigenvalue weighted by molar-refractivity contribution is 5.68. The molecule has 0 spiro atoms. The van der Waals surface area contributed by atoms with Crippen molar-refractivity contribution in [2.45, 2.75) is 53.2 Å². The number of carbonyl (C=O) groups excluding carboxylic acids is 2. The first-order valence-electron chi connectivity index (χ1n) is 5.48. The molecule has 0 aromatic carbocycles. The molecule has 0 aromatic rings. The third-order valence-electron chi connectivity index (χ3n) is 1.94. The maximum Gasteiger partial charge on any atom is 0.305 e. The molecular formula is C12H20O4. The lowest BCUT2D eigenvalue weighted by atomic mass is 10.2. The van der Waals surface area contributed by atoms with Gasteiger partial charge in [-0.15, -0.1) is 0 Å². The molecular weight excluding hydrogens is 208 g/mol. The summed E-state index contributed by atoms with van der Waals surface area (Å²) in [6.07, 6.45) is 4.09. The van der Waals surface area contributed by atoms with Gasteiger partial charge in [-0.3, -0.25) is 9.59 Å². The largest absolute Gasteiger partial charge is 0.421 e. The Kier molecular flexibility index (Phi) is 7.25. The fraction of sp³-hybridized carbons (Fsp3) is 0.667. The van der Waals surface area contributed by atoms with Crippen LogP contribution in [0.5, 0.6) is 0 Å². The summed E-state index contributed by atoms with van der Waals surface area (Å²) in [6, 6.07) is 0. The molecule has 0 aromatic heterocycles. The summed E-state index contributed by atoms with van der Waals surface area (Å²) >= 11 is 0. The highest BCUT2D eigenvalue weighted by Gasteiger charge is 2.16. The number of esters is 2. The Hall–Kier alpha value is -1.32. The van der Waals surface area contributed by atoms with Gasteiger partial charge in [0.1, 0.15) is 0 Å². The first-order valence-corrected chi connectivity index (χ1v) is 5.48. The van der Waals surface area contributed by atoms with E-state index in [9.17, 15) is 9.59 Å². The molecule has 0 aliphatic rings. The SMILES string of the molecule is CCCCC=C(C)C(OC(C)=O)OC(C)=O. The van der Waals surface area contributed by atoms with Gasteiger partial charge in [-0.2, -0.15) is 0 Å². The van der Waals surface area contributed by atoms with E-state index >= 15 is 0 Å². The van der Waals surface area contributed by atoms with Crippen LogP contribution < -0.4 is 0 Å². The fourth-order valence-electron chi connectivity index (χ4n) is 1.14. The minimum absolute atomic E-state index is 0.463. The molecule has 0 aliphatic heterocycles. The Morgan fingerprint density at radius 2 is 1.62 bits per heavy atom. The monoisotopic (exact) mass is 228 g/mol. The van der Waals surface area contributed by atoms with E-state index in [2.05, 4.69) is 6.92 Å². The van der Waals surface area contributed by atoms with Crippen LogP contribution in [0.15, 0.2) is 11.6 Å². The third kappa shape index (κ3) is 7.04. The van der Waals surface area contributed by atoms with Gasteiger partial charge in [-0.1, -0.05) is 25.8 Å². The summed E-state index contributed by atoms with van der Waals surface area (Å²) in [5.74, 6) is -0.927. The molecule has 0 aliphatic carbocycles. The number of carbonyl (C=O) groups is 2. The van der Waals surface area contributed by atoms with Crippen LogP contribution in [0.3, 0.4) is 0 Å². The van der Waals surface area contributed by atoms with Crippen LogP contribution in [-0.4, -0.2) is 18.2 Å². The number of ether oxygens (including phenoxy) is 2. The second kappa shape index (κ2) is 7.91. The zero-order valence-corrected chi connectivity index (χ0v) is 10.4. The lowest BCUT2D eigenvalue weighted by Crippen LogP contribution is -2.23. The molecule has 4 nitrogen and oxygen atoms in total. The van der Waals surface area contributed by atoms with E-state index < -0.39 is 18.2 Å². The molecule has 0 amide bonds. The second-order valence-corrected chi connectivity index (χ2v) is 3.64. The van der Waals surface area contributed by atoms with Gasteiger partial charge >= 0.3 is 11.9 Å². The van der Waals surface area contributed by atoms with Gasteiger partial charge in [-0.05, 0) is 13.3 Å². The van der Waals surface area contributed by atoms with Gasteiger partial charge in [0, 0.05) is 19.4 Å². The van der Waals surface area contributed by atoms with Gasteiger partial charge in [0.25, 0.3) is 6.29 Å². The van der Waals surface area contributed by atoms with Gasteiger partial charge in [0.15, 0.2) is 0 Å². The fourth-order valence-corrected chi connectivity index (χ4v) is 1.14. The number of hydrogen-bond acceptors (Lipinski definition) is 4. The summed E-state index contributed by atoms with van der Waals surface area (Å²) in [4.78, 5) is 21.7. The van der Waals surface area contributed by atoms with E-state index in [4.69, 9.17) is 9.47 Å². The van der Waals surface area contributed by atoms with Crippen LogP contribution in [0.4, 0.5) is 0 Å². The molecule has 16 heavy (non-hydrogen) atoms. The van der Waals surface area contributed by atoms with Gasteiger partial charge in [0.2, 0.25) is 0 Å². The Morgan fingerprint density at radius 3 is 2.00 bits per heavy atom. The zero-order chi connectivity index (χ0) is 12.6. The maximum atomic E-state index is 10.8. The minimum atomic E-state index is -0.883. The third-order valence-corrected chi connectivity index (χ3v) is 1.94. The van der Waals surface area contributed by atoms with Crippen molar-refractivity contribution >= 4 is 11.9 Å². The van der Waals surface area contributed by atoms with E-state index in [-0.39, 0.29) is 0 Å². The first kappa shape index (κ1) is 14.7. The Balaban J connectivity index is 4.41. The van der Waals surface area contributed by atoms with E-state index in [0.29, 0.717) is 0 Å². The summed E-state index contributed by atoms with van der Waals surface area (Å²) < 4.78 is 9.81. The predicted octanol–water partition coefficient (Wildman–Crippen LogP) is 2.58. The zero-order valence-electron chi connectivity index (χ0n) is 10.4. The average molecular weight is 228 g/mol. The van der Waals surface area contributed by atoms with E-state index in [1.165, 1.54) is 13.8 Å². The minimum Gasteiger partial charge on any atom is -0.421 e. The average Bonchev–Trinajstić information content (AvgIpc) is 2.15. The summed E-state index contributed by atoms with van der Waals surface area (Å²) in [5, 5.41) is 0. The number of rotatable bonds is 6. The van der Waals surface area contributed by atoms with Crippen LogP contribution in [0.2, 0.25) is 0 Å². The predicted molar refractivity (Wildman–Crippen MR) is 60.6 cm³/mol. The van der Waals surface area contributed by atoms with E-state index in [1.54, 1.807) is 6.92 Å². The lowest BCUT2D eigenvalue weighted by molar-refractivity contribution is -0.178. The van der Waals surface area contributed by atoms with Crippen LogP contribution in [0.1, 0.15) is 47.0 Å². The Labute approximate surface area is 96.6 Å². The standard InChI is InChI=1S/C12H20O4/c1-5-6-7-8-9(2)12(15-10(3)13)16-11(4)14/h8,12H,5-7H2,1-4H3. The molecule has 0 bridgehead atoms. The highest BCUT2D eigenvalue weighted by atomic mass is 16.7. The van der Waals surface area contributed by atoms with Gasteiger partial charge < -0.3 is 9.47 Å². The van der Waals surface area contributed by atoms with Crippen molar-refractivity contribution in [2.24, 2.45) is 0 Å². The topological polar surface area (TPSA) is 52.6 Å². The van der Waals surface area contributed by atoms with Crippen LogP contribution in [-0.2, 0) is 19.1 Å². The van der Waals surface area contributed by atoms with Gasteiger partial charge in [0.05, 0.1) is 0 Å². The molecule has 4 heteroatoms. The highest BCUT2D eigenvalue weighted by Crippen LogP contribution is 2.11. The Morgan fingerprint density at radius 1 is 1.12 bits per heavy atom. The van der Waals surface area contributed by atoms with Crippen molar-refractivity contribution < 1.29 is 19.1 Å². The number of unbranched alkanes of at least 4 members (excludes halogenated alkanes) is 2. The smallest absolute Gasteiger partial charge is 0.305 e. The molecule has 0 radical (unpaired) electrons. The number of hydrogen-bond donors (Lipinski definition) is 0. The number of allylic oxidation sites excluding steroid dienone is 1. The first-order chi connectivity index (χ1) is 7.47. The van der Waals surface area contributed by atoms with Crippen LogP contribution in [0, 0.1) is 0 Å². The molecule has 0 saturated carbocycles. The van der Waals surface area contributed by atoms with Crippen molar-refractivity contribution in [3.8, 4) is 0 Å². The normalized spacial score (nSPS) is 11.4. The summed E-state index contributed by atoms with van der Waals surface area (Å²) in [5.41, 5.74) is 0.749. The quantitative estimate of drug-likeness (QED) is 0.303. The van der Waals surface area contributed by atoms with Gasteiger partial charge in [-0.25, -0.2) is 0 Å². The van der Waals surface area contributed by atoms with Crippen LogP contribution >= 0.6 is 0 Å². The molecule has 0 fully saturated rings. The van der Waals surface area contributed by atoms with E-state index in [1.807, 2.05) is 6.08 Å². The molecule has 0 saturated heterocycles. The maximum absolute atomic E-state index is 10.8. The lowest BCUT2D eigenvalue weighted by Gasteiger charge is -2.17. The van der Waals surface area contributed by atoms with Crippen LogP contribution in [0.25, 0.3) is 0 Å². The second-order valence-electron chi connectivity index (χ2n) is 3.64.